The van der Waals surface area contributed by atoms with E-state index in [2.05, 4.69) is 135 Å². The second-order valence-corrected chi connectivity index (χ2v) is 35.6. The van der Waals surface area contributed by atoms with Gasteiger partial charge < -0.3 is 22.4 Å². The van der Waals surface area contributed by atoms with Crippen LogP contribution in [0.3, 0.4) is 0 Å². The molecule has 1 saturated heterocycles. The van der Waals surface area contributed by atoms with E-state index in [4.69, 9.17) is 22.4 Å². The first-order chi connectivity index (χ1) is 16.4. The van der Waals surface area contributed by atoms with E-state index >= 15 is 0 Å². The lowest BCUT2D eigenvalue weighted by molar-refractivity contribution is -0.186. The van der Waals surface area contributed by atoms with Crippen molar-refractivity contribution in [3.63, 3.8) is 0 Å². The summed E-state index contributed by atoms with van der Waals surface area (Å²) in [6.07, 6.45) is 0.534. The third-order valence-corrected chi connectivity index (χ3v) is 23.7. The van der Waals surface area contributed by atoms with Crippen LogP contribution in [-0.2, 0) is 22.4 Å². The average Bonchev–Trinajstić information content (AvgIpc) is 2.90. The highest BCUT2D eigenvalue weighted by molar-refractivity contribution is 6.75. The molecule has 226 valence electrons. The summed E-state index contributed by atoms with van der Waals surface area (Å²) in [5.74, 6) is -1.09. The van der Waals surface area contributed by atoms with E-state index in [0.717, 1.165) is 0 Å². The Morgan fingerprint density at radius 1 is 0.711 bits per heavy atom. The molecule has 1 rings (SSSR count). The molecule has 38 heavy (non-hydrogen) atoms. The fourth-order valence-electron chi connectivity index (χ4n) is 3.88. The molecule has 0 N–H and O–H groups in total. The van der Waals surface area contributed by atoms with Gasteiger partial charge in [0, 0.05) is 0 Å². The highest BCUT2D eigenvalue weighted by Gasteiger charge is 2.62. The topological polar surface area (TPSA) is 46.2 Å². The molecule has 5 nitrogen and oxygen atoms in total. The fraction of sp³-hybridized carbons (Fsp3) is 0.931. The van der Waals surface area contributed by atoms with Gasteiger partial charge in [-0.05, 0) is 87.0 Å². The molecule has 5 atom stereocenters. The highest BCUT2D eigenvalue weighted by atomic mass is 28.4. The Bertz CT molecular complexity index is 815. The van der Waals surface area contributed by atoms with Crippen molar-refractivity contribution in [2.24, 2.45) is 0 Å². The first kappa shape index (κ1) is 36.4. The molecule has 1 aliphatic rings. The molecule has 0 aliphatic carbocycles. The number of rotatable bonds is 10. The Hall–Kier alpha value is 0.408. The molecule has 0 unspecified atom stereocenters. The highest BCUT2D eigenvalue weighted by Crippen LogP contribution is 2.49. The second-order valence-electron chi connectivity index (χ2n) is 16.9. The smallest absolute Gasteiger partial charge is 0.207 e. The van der Waals surface area contributed by atoms with Gasteiger partial charge in [-0.3, -0.25) is 0 Å². The molecule has 0 amide bonds. The lowest BCUT2D eigenvalue weighted by atomic mass is 10.0. The Morgan fingerprint density at radius 2 is 1.11 bits per heavy atom. The second kappa shape index (κ2) is 11.2. The van der Waals surface area contributed by atoms with Crippen molar-refractivity contribution in [2.75, 3.05) is 0 Å². The van der Waals surface area contributed by atoms with Crippen LogP contribution in [-0.4, -0.2) is 63.5 Å². The van der Waals surface area contributed by atoms with E-state index in [1.165, 1.54) is 0 Å². The molecule has 0 spiro atoms. The van der Waals surface area contributed by atoms with Gasteiger partial charge in [-0.25, -0.2) is 0 Å². The van der Waals surface area contributed by atoms with Gasteiger partial charge in [0.1, 0.15) is 18.3 Å². The molecular formula is C29H64O5Si4. The van der Waals surface area contributed by atoms with Gasteiger partial charge in [0.25, 0.3) is 0 Å². The predicted octanol–water partition coefficient (Wildman–Crippen LogP) is 9.31. The minimum Gasteiger partial charge on any atom is -0.411 e. The molecule has 0 bridgehead atoms. The molecule has 0 aromatic rings. The fourth-order valence-corrected chi connectivity index (χ4v) is 9.08. The van der Waals surface area contributed by atoms with E-state index < -0.39 is 45.2 Å². The minimum absolute atomic E-state index is 0.0158. The maximum absolute atomic E-state index is 7.27. The number of hydrogen-bond donors (Lipinski definition) is 0. The predicted molar refractivity (Wildman–Crippen MR) is 174 cm³/mol. The van der Waals surface area contributed by atoms with Crippen molar-refractivity contribution in [1.29, 1.82) is 0 Å². The van der Waals surface area contributed by atoms with E-state index in [9.17, 15) is 0 Å². The van der Waals surface area contributed by atoms with Gasteiger partial charge >= 0.3 is 0 Å². The van der Waals surface area contributed by atoms with Crippen LogP contribution < -0.4 is 0 Å². The van der Waals surface area contributed by atoms with Crippen LogP contribution in [0.2, 0.25) is 74.0 Å². The van der Waals surface area contributed by atoms with Crippen molar-refractivity contribution in [3.05, 3.63) is 12.7 Å². The lowest BCUT2D eigenvalue weighted by Crippen LogP contribution is -2.59. The quantitative estimate of drug-likeness (QED) is 0.184. The zero-order valence-corrected chi connectivity index (χ0v) is 32.6. The van der Waals surface area contributed by atoms with E-state index in [0.29, 0.717) is 0 Å². The zero-order valence-electron chi connectivity index (χ0n) is 28.6. The summed E-state index contributed by atoms with van der Waals surface area (Å²) in [5, 5.41) is 0.126. The molecular weight excluding hydrogens is 541 g/mol. The van der Waals surface area contributed by atoms with Gasteiger partial charge in [0.05, 0.1) is 6.10 Å². The Kier molecular flexibility index (Phi) is 10.8. The largest absolute Gasteiger partial charge is 0.411 e. The Labute approximate surface area is 241 Å². The van der Waals surface area contributed by atoms with E-state index in [1.54, 1.807) is 0 Å². The first-order valence-corrected chi connectivity index (χ1v) is 26.6. The summed E-state index contributed by atoms with van der Waals surface area (Å²) in [5.41, 5.74) is 0. The Morgan fingerprint density at radius 3 is 1.45 bits per heavy atom. The van der Waals surface area contributed by atoms with E-state index in [-0.39, 0.29) is 33.4 Å². The summed E-state index contributed by atoms with van der Waals surface area (Å²) in [4.78, 5) is 0. The summed E-state index contributed by atoms with van der Waals surface area (Å²) in [6, 6.07) is 0. The normalized spacial score (nSPS) is 27.5. The van der Waals surface area contributed by atoms with Gasteiger partial charge in [0.2, 0.25) is 5.79 Å². The molecule has 9 heteroatoms. The molecule has 1 heterocycles. The van der Waals surface area contributed by atoms with Crippen molar-refractivity contribution in [1.82, 2.24) is 0 Å². The van der Waals surface area contributed by atoms with Crippen molar-refractivity contribution < 1.29 is 22.4 Å². The zero-order chi connectivity index (χ0) is 30.6. The molecule has 0 saturated carbocycles. The molecule has 0 aromatic heterocycles. The monoisotopic (exact) mass is 604 g/mol. The van der Waals surface area contributed by atoms with Crippen LogP contribution in [0.5, 0.6) is 0 Å². The SMILES string of the molecule is C=C[C@@]1(O[Si](C)(C)C)O[C@@H]([C@@H](C)O[Si](C)(C)C(C)(C)C)[C@H](O[Si](C)(C)C(C)(C)C)[C@H]1O[Si](C)(C)C(C)(C)C. The summed E-state index contributed by atoms with van der Waals surface area (Å²) in [7, 11) is -8.62. The third kappa shape index (κ3) is 8.24. The standard InChI is InChI=1S/C29H64O5Si4/c1-21-29(34-35(12,13)14)25(33-38(19,20)28(9,10)11)24(32-37(17,18)27(6,7)8)23(30-29)22(2)31-36(15,16)26(3,4)5/h21-25H,1H2,2-20H3/t22-,23+,24+,25-,29+/m1/s1. The van der Waals surface area contributed by atoms with Gasteiger partial charge in [-0.15, -0.1) is 0 Å². The number of ether oxygens (including phenoxy) is 1. The maximum atomic E-state index is 7.27. The molecule has 1 aliphatic heterocycles. The van der Waals surface area contributed by atoms with Gasteiger partial charge in [-0.1, -0.05) is 68.9 Å². The van der Waals surface area contributed by atoms with Crippen LogP contribution in [0.25, 0.3) is 0 Å². The van der Waals surface area contributed by atoms with Crippen LogP contribution in [0, 0.1) is 0 Å². The van der Waals surface area contributed by atoms with Crippen LogP contribution in [0.15, 0.2) is 12.7 Å². The average molecular weight is 605 g/mol. The van der Waals surface area contributed by atoms with Crippen molar-refractivity contribution >= 4 is 33.3 Å². The summed E-state index contributed by atoms with van der Waals surface area (Å²) >= 11 is 0. The summed E-state index contributed by atoms with van der Waals surface area (Å²) < 4.78 is 35.4. The Balaban J connectivity index is 3.83. The van der Waals surface area contributed by atoms with Crippen LogP contribution in [0.4, 0.5) is 0 Å². The summed E-state index contributed by atoms with van der Waals surface area (Å²) in [6.45, 7) is 47.3. The first-order valence-electron chi connectivity index (χ1n) is 14.5. The lowest BCUT2D eigenvalue weighted by Gasteiger charge is -2.46. The van der Waals surface area contributed by atoms with Crippen LogP contribution >= 0.6 is 0 Å². The molecule has 0 radical (unpaired) electrons. The van der Waals surface area contributed by atoms with Gasteiger partial charge in [-0.2, -0.15) is 0 Å². The molecule has 0 aromatic carbocycles. The van der Waals surface area contributed by atoms with E-state index in [1.807, 2.05) is 6.08 Å². The number of hydrogen-bond acceptors (Lipinski definition) is 5. The van der Waals surface area contributed by atoms with Crippen LogP contribution in [0.1, 0.15) is 69.2 Å². The van der Waals surface area contributed by atoms with Crippen molar-refractivity contribution in [3.8, 4) is 0 Å². The third-order valence-electron chi connectivity index (χ3n) is 9.30. The molecule has 1 fully saturated rings. The van der Waals surface area contributed by atoms with Gasteiger partial charge in [0.15, 0.2) is 33.3 Å². The minimum atomic E-state index is -2.24. The maximum Gasteiger partial charge on any atom is 0.207 e. The van der Waals surface area contributed by atoms with Crippen molar-refractivity contribution in [2.45, 2.75) is 173 Å².